The molecule has 2 amide bonds. The molecule has 0 N–H and O–H groups in total. The van der Waals surface area contributed by atoms with Crippen molar-refractivity contribution < 1.29 is 19.1 Å². The molecule has 1 aliphatic carbocycles. The zero-order valence-electron chi connectivity index (χ0n) is 17.5. The van der Waals surface area contributed by atoms with Gasteiger partial charge >= 0.3 is 0 Å². The number of carbonyl (C=O) groups is 2. The molecule has 1 aromatic carbocycles. The summed E-state index contributed by atoms with van der Waals surface area (Å²) < 4.78 is 11.5. The van der Waals surface area contributed by atoms with E-state index in [4.69, 9.17) is 9.47 Å². The number of hydrogen-bond acceptors (Lipinski definition) is 5. The van der Waals surface area contributed by atoms with Crippen LogP contribution in [0.4, 0.5) is 0 Å². The second-order valence-corrected chi connectivity index (χ2v) is 8.72. The number of ether oxygens (including phenoxy) is 2. The first-order valence-corrected chi connectivity index (χ1v) is 11.4. The minimum atomic E-state index is -0.171. The average molecular weight is 429 g/mol. The summed E-state index contributed by atoms with van der Waals surface area (Å²) in [6, 6.07) is 9.68. The van der Waals surface area contributed by atoms with Gasteiger partial charge in [-0.15, -0.1) is 11.3 Å². The summed E-state index contributed by atoms with van der Waals surface area (Å²) >= 11 is 1.73. The summed E-state index contributed by atoms with van der Waals surface area (Å²) in [7, 11) is 1.62. The van der Waals surface area contributed by atoms with E-state index in [0.717, 1.165) is 24.8 Å². The second kappa shape index (κ2) is 9.08. The Balaban J connectivity index is 1.52. The van der Waals surface area contributed by atoms with Gasteiger partial charge in [-0.2, -0.15) is 0 Å². The van der Waals surface area contributed by atoms with Gasteiger partial charge in [-0.1, -0.05) is 19.1 Å². The number of amides is 2. The maximum Gasteiger partial charge on any atom is 0.242 e. The summed E-state index contributed by atoms with van der Waals surface area (Å²) in [6.45, 7) is 3.00. The number of methoxy groups -OCH3 is 1. The molecule has 30 heavy (non-hydrogen) atoms. The van der Waals surface area contributed by atoms with Crippen molar-refractivity contribution in [3.05, 3.63) is 46.2 Å². The highest BCUT2D eigenvalue weighted by atomic mass is 32.1. The van der Waals surface area contributed by atoms with E-state index in [2.05, 4.69) is 11.4 Å². The Morgan fingerprint density at radius 3 is 2.67 bits per heavy atom. The Kier molecular flexibility index (Phi) is 6.27. The molecule has 7 heteroatoms. The Labute approximate surface area is 181 Å². The van der Waals surface area contributed by atoms with Crippen LogP contribution in [-0.2, 0) is 16.0 Å². The molecule has 4 rings (SSSR count). The molecule has 0 radical (unpaired) electrons. The highest BCUT2D eigenvalue weighted by Gasteiger charge is 2.37. The lowest BCUT2D eigenvalue weighted by molar-refractivity contribution is -0.143. The Morgan fingerprint density at radius 2 is 1.97 bits per heavy atom. The highest BCUT2D eigenvalue weighted by molar-refractivity contribution is 7.10. The molecule has 0 saturated heterocycles. The Morgan fingerprint density at radius 1 is 1.20 bits per heavy atom. The zero-order valence-corrected chi connectivity index (χ0v) is 18.3. The van der Waals surface area contributed by atoms with Gasteiger partial charge in [0.25, 0.3) is 0 Å². The van der Waals surface area contributed by atoms with Crippen molar-refractivity contribution >= 4 is 23.2 Å². The molecule has 2 aromatic rings. The van der Waals surface area contributed by atoms with Crippen LogP contribution in [0.1, 0.15) is 42.7 Å². The first kappa shape index (κ1) is 20.7. The summed E-state index contributed by atoms with van der Waals surface area (Å²) in [5.41, 5.74) is 1.15. The number of carbonyl (C=O) groups excluding carboxylic acids is 2. The molecule has 1 unspecified atom stereocenters. The van der Waals surface area contributed by atoms with E-state index in [1.165, 1.54) is 4.88 Å². The molecular formula is C23H28N2O4S. The van der Waals surface area contributed by atoms with Crippen molar-refractivity contribution in [3.63, 3.8) is 0 Å². The number of rotatable bonds is 8. The lowest BCUT2D eigenvalue weighted by Gasteiger charge is -2.37. The molecule has 160 valence electrons. The van der Waals surface area contributed by atoms with Crippen LogP contribution in [-0.4, -0.2) is 54.5 Å². The van der Waals surface area contributed by atoms with Crippen molar-refractivity contribution in [1.82, 2.24) is 9.80 Å². The van der Waals surface area contributed by atoms with Gasteiger partial charge in [0.15, 0.2) is 11.5 Å². The standard InChI is InChI=1S/C23H28N2O4S/c1-3-22(26)25(16-8-9-16)14-23(27)24-12-10-21-17(11-13-30-21)18(24)15-29-20-7-5-4-6-19(20)28-2/h4-7,11,13,16,18H,3,8-10,12,14-15H2,1-2H3. The van der Waals surface area contributed by atoms with Gasteiger partial charge in [0.05, 0.1) is 13.2 Å². The lowest BCUT2D eigenvalue weighted by atomic mass is 10.0. The molecule has 1 atom stereocenters. The van der Waals surface area contributed by atoms with Crippen molar-refractivity contribution in [2.45, 2.75) is 44.7 Å². The third kappa shape index (κ3) is 4.31. The first-order valence-electron chi connectivity index (χ1n) is 10.5. The van der Waals surface area contributed by atoms with E-state index in [9.17, 15) is 9.59 Å². The van der Waals surface area contributed by atoms with Gasteiger partial charge in [-0.25, -0.2) is 0 Å². The Bertz CT molecular complexity index is 908. The minimum absolute atomic E-state index is 0.00539. The van der Waals surface area contributed by atoms with Gasteiger partial charge in [0, 0.05) is 23.9 Å². The largest absolute Gasteiger partial charge is 0.493 e. The Hall–Kier alpha value is -2.54. The van der Waals surface area contributed by atoms with Crippen LogP contribution < -0.4 is 9.47 Å². The van der Waals surface area contributed by atoms with E-state index in [0.29, 0.717) is 31.1 Å². The number of benzene rings is 1. The van der Waals surface area contributed by atoms with Crippen LogP contribution in [0.3, 0.4) is 0 Å². The monoisotopic (exact) mass is 428 g/mol. The number of hydrogen-bond donors (Lipinski definition) is 0. The number of para-hydroxylation sites is 2. The smallest absolute Gasteiger partial charge is 0.242 e. The summed E-state index contributed by atoms with van der Waals surface area (Å²) in [5, 5.41) is 2.08. The van der Waals surface area contributed by atoms with Gasteiger partial charge in [-0.3, -0.25) is 9.59 Å². The number of thiophene rings is 1. The fourth-order valence-electron chi connectivity index (χ4n) is 4.03. The molecule has 1 fully saturated rings. The number of fused-ring (bicyclic) bond motifs is 1. The van der Waals surface area contributed by atoms with Crippen molar-refractivity contribution in [2.75, 3.05) is 26.8 Å². The van der Waals surface area contributed by atoms with Gasteiger partial charge in [-0.05, 0) is 48.4 Å². The molecular weight excluding hydrogens is 400 g/mol. The first-order chi connectivity index (χ1) is 14.6. The lowest BCUT2D eigenvalue weighted by Crippen LogP contribution is -2.48. The van der Waals surface area contributed by atoms with Crippen LogP contribution in [0.5, 0.6) is 11.5 Å². The SMILES string of the molecule is CCC(=O)N(CC(=O)N1CCc2sccc2C1COc1ccccc1OC)C1CC1. The molecule has 1 aromatic heterocycles. The fourth-order valence-corrected chi connectivity index (χ4v) is 4.96. The van der Waals surface area contributed by atoms with E-state index in [1.54, 1.807) is 23.3 Å². The van der Waals surface area contributed by atoms with Crippen LogP contribution in [0.25, 0.3) is 0 Å². The highest BCUT2D eigenvalue weighted by Crippen LogP contribution is 2.36. The molecule has 1 saturated carbocycles. The molecule has 2 aliphatic rings. The van der Waals surface area contributed by atoms with Gasteiger partial charge < -0.3 is 19.3 Å². The molecule has 2 heterocycles. The minimum Gasteiger partial charge on any atom is -0.493 e. The van der Waals surface area contributed by atoms with Gasteiger partial charge in [0.1, 0.15) is 13.2 Å². The predicted octanol–water partition coefficient (Wildman–Crippen LogP) is 3.66. The molecule has 6 nitrogen and oxygen atoms in total. The third-order valence-corrected chi connectivity index (χ3v) is 6.79. The predicted molar refractivity (Wildman–Crippen MR) is 116 cm³/mol. The summed E-state index contributed by atoms with van der Waals surface area (Å²) in [4.78, 5) is 30.6. The molecule has 0 spiro atoms. The topological polar surface area (TPSA) is 59.1 Å². The van der Waals surface area contributed by atoms with Crippen LogP contribution in [0, 0.1) is 0 Å². The number of nitrogens with zero attached hydrogens (tertiary/aromatic N) is 2. The maximum absolute atomic E-state index is 13.3. The van der Waals surface area contributed by atoms with E-state index in [1.807, 2.05) is 36.1 Å². The maximum atomic E-state index is 13.3. The van der Waals surface area contributed by atoms with Crippen LogP contribution in [0.15, 0.2) is 35.7 Å². The summed E-state index contributed by atoms with van der Waals surface area (Å²) in [6.07, 6.45) is 3.26. The average Bonchev–Trinajstić information content (AvgIpc) is 3.50. The third-order valence-electron chi connectivity index (χ3n) is 5.80. The van der Waals surface area contributed by atoms with Gasteiger partial charge in [0.2, 0.25) is 11.8 Å². The van der Waals surface area contributed by atoms with Crippen molar-refractivity contribution in [2.24, 2.45) is 0 Å². The van der Waals surface area contributed by atoms with Crippen LogP contribution >= 0.6 is 11.3 Å². The van der Waals surface area contributed by atoms with Crippen molar-refractivity contribution in [1.29, 1.82) is 0 Å². The molecule has 1 aliphatic heterocycles. The fraction of sp³-hybridized carbons (Fsp3) is 0.478. The summed E-state index contributed by atoms with van der Waals surface area (Å²) in [5.74, 6) is 1.38. The van der Waals surface area contributed by atoms with Crippen molar-refractivity contribution in [3.8, 4) is 11.5 Å². The molecule has 0 bridgehead atoms. The zero-order chi connectivity index (χ0) is 21.1. The van der Waals surface area contributed by atoms with Crippen LogP contribution in [0.2, 0.25) is 0 Å². The van der Waals surface area contributed by atoms with E-state index in [-0.39, 0.29) is 30.4 Å². The van der Waals surface area contributed by atoms with E-state index < -0.39 is 0 Å². The second-order valence-electron chi connectivity index (χ2n) is 7.72. The van der Waals surface area contributed by atoms with E-state index >= 15 is 0 Å². The normalized spacial score (nSPS) is 17.9. The quantitative estimate of drug-likeness (QED) is 0.644.